The van der Waals surface area contributed by atoms with Crippen LogP contribution in [0.5, 0.6) is 5.75 Å². The molecule has 3 saturated heterocycles. The molecule has 434 valence electrons. The van der Waals surface area contributed by atoms with Crippen molar-refractivity contribution in [1.82, 2.24) is 52.0 Å². The second-order valence-electron chi connectivity index (χ2n) is 21.5. The van der Waals surface area contributed by atoms with Crippen molar-refractivity contribution in [1.29, 1.82) is 0 Å². The number of benzene rings is 1. The number of aromatic amines is 1. The van der Waals surface area contributed by atoms with E-state index < -0.39 is 162 Å². The summed E-state index contributed by atoms with van der Waals surface area (Å²) in [5.41, 5.74) is 5.75. The highest BCUT2D eigenvalue weighted by Crippen LogP contribution is 2.33. The van der Waals surface area contributed by atoms with Gasteiger partial charge in [0.15, 0.2) is 0 Å². The summed E-state index contributed by atoms with van der Waals surface area (Å²) in [6, 6.07) is -3.84. The third kappa shape index (κ3) is 14.9. The zero-order chi connectivity index (χ0) is 58.4. The van der Waals surface area contributed by atoms with E-state index >= 15 is 0 Å². The maximum Gasteiger partial charge on any atom is 0.247 e. The molecule has 2 bridgehead atoms. The highest BCUT2D eigenvalue weighted by molar-refractivity contribution is 7.90. The van der Waals surface area contributed by atoms with Crippen LogP contribution >= 0.6 is 12.6 Å². The Hall–Kier alpha value is -6.46. The number of nitrogens with one attached hydrogen (secondary N) is 8. The summed E-state index contributed by atoms with van der Waals surface area (Å²) in [6.45, 7) is 8.32. The van der Waals surface area contributed by atoms with Crippen molar-refractivity contribution >= 4 is 93.8 Å². The number of likely N-dealkylation sites (tertiary alicyclic amines) is 1. The van der Waals surface area contributed by atoms with Crippen molar-refractivity contribution in [3.8, 4) is 5.75 Å². The van der Waals surface area contributed by atoms with Gasteiger partial charge in [-0.2, -0.15) is 12.6 Å². The van der Waals surface area contributed by atoms with Gasteiger partial charge in [0, 0.05) is 71.2 Å². The van der Waals surface area contributed by atoms with Crippen molar-refractivity contribution in [3.63, 3.8) is 0 Å². The predicted molar refractivity (Wildman–Crippen MR) is 287 cm³/mol. The predicted octanol–water partition coefficient (Wildman–Crippen LogP) is -3.40. The highest BCUT2D eigenvalue weighted by atomic mass is 32.2. The maximum absolute atomic E-state index is 14.7. The molecule has 5 aliphatic rings. The zero-order valence-electron chi connectivity index (χ0n) is 45.1. The van der Waals surface area contributed by atoms with Crippen molar-refractivity contribution in [2.24, 2.45) is 23.5 Å². The minimum absolute atomic E-state index is 0.0157. The maximum atomic E-state index is 14.7. The normalized spacial score (nSPS) is 27.1. The Morgan fingerprint density at radius 1 is 0.911 bits per heavy atom. The molecule has 7 rings (SSSR count). The van der Waals surface area contributed by atoms with Crippen molar-refractivity contribution < 1.29 is 72.6 Å². The smallest absolute Gasteiger partial charge is 0.247 e. The molecule has 13 N–H and O–H groups in total. The average Bonchev–Trinajstić information content (AvgIpc) is 4.09. The summed E-state index contributed by atoms with van der Waals surface area (Å²) in [7, 11) is 0. The summed E-state index contributed by atoms with van der Waals surface area (Å²) in [5, 5.41) is 50.0. The molecule has 1 aromatic heterocycles. The summed E-state index contributed by atoms with van der Waals surface area (Å²) in [4.78, 5) is 141. The number of carbonyl (C=O) groups is 10. The molecule has 1 aromatic carbocycles. The molecule has 13 atom stereocenters. The van der Waals surface area contributed by atoms with Crippen LogP contribution in [0.25, 0.3) is 10.9 Å². The fourth-order valence-electron chi connectivity index (χ4n) is 10.3. The van der Waals surface area contributed by atoms with Gasteiger partial charge >= 0.3 is 0 Å². The number of hydrogen-bond acceptors (Lipinski definition) is 17. The van der Waals surface area contributed by atoms with E-state index in [9.17, 15) is 67.8 Å². The standard InChI is InChI=1S/C51H73N11O15S2/c1-8-24(3)41-46(72)53-18-26-11-32(55-26)44(70)57-34(15-38(52)66)49(74)61-20-27(64)12-35(61)45(71)60-42(25(4)36(65)21-63)47(73)56-33(43(69)54-19-39(67)59-41)14-30-29-10-9-28(13-31(29)58-48(30)79(7)76)77-22-23(2)17-51(5,6)62-40(68)16-37(78)50(62)75/h9-11,13,23-25,27,32-37,41-42,55,58,63-65,78H,8,12,14-22H2,1-7H3,(H2,52,66)(H,53,72)(H,54,69)(H,56,73)(H,57,70)(H,59,67)(H,60,71)/t23?,24-,25-,27+,32-,33+,34-,35-,36-,37?,41-,42-,79?/m0/s1. The van der Waals surface area contributed by atoms with Gasteiger partial charge in [-0.1, -0.05) is 34.1 Å². The molecule has 3 fully saturated rings. The van der Waals surface area contributed by atoms with Crippen LogP contribution < -0.4 is 47.7 Å². The Kier molecular flexibility index (Phi) is 20.5. The van der Waals surface area contributed by atoms with Gasteiger partial charge in [0.2, 0.25) is 64.1 Å². The summed E-state index contributed by atoms with van der Waals surface area (Å²) >= 11 is 2.48. The van der Waals surface area contributed by atoms with Crippen molar-refractivity contribution in [2.75, 3.05) is 39.1 Å². The topological polar surface area (TPSA) is 396 Å². The number of aromatic nitrogens is 1. The van der Waals surface area contributed by atoms with Crippen LogP contribution in [0.2, 0.25) is 0 Å². The molecule has 5 aliphatic heterocycles. The molecule has 3 unspecified atom stereocenters. The number of aliphatic hydroxyl groups excluding tert-OH is 3. The first-order valence-electron chi connectivity index (χ1n) is 26.1. The SMILES string of the molecule is CC[C@H](C)[C@@H]1NC(=O)CNC(=O)[C@@H](Cc2c([S+](C)[O-])[nH]c3cc(OCC(C)CC(C)(C)N4C(=O)CC(S)C4=O)ccc23)NC(=O)[C@H]([C@@H](C)[C@@H](O)CO)NC(=O)[C@@H]2C[C@@H](O)CN2C(=O)[C@H](CC(N)=O)NC(=O)[C@@H]2C=C(CNC1=O)N2. The number of carbonyl (C=O) groups excluding carboxylic acids is 10. The monoisotopic (exact) mass is 1140 g/mol. The molecule has 28 heteroatoms. The first-order valence-corrected chi connectivity index (χ1v) is 28.2. The number of imide groups is 1. The largest absolute Gasteiger partial charge is 0.610 e. The number of thiol groups is 1. The molecular formula is C51H73N11O15S2. The molecule has 26 nitrogen and oxygen atoms in total. The summed E-state index contributed by atoms with van der Waals surface area (Å²) < 4.78 is 19.6. The zero-order valence-corrected chi connectivity index (χ0v) is 46.8. The molecule has 0 radical (unpaired) electrons. The quantitative estimate of drug-likeness (QED) is 0.0337. The molecule has 0 saturated carbocycles. The Balaban J connectivity index is 1.33. The Bertz CT molecular complexity index is 2720. The fraction of sp³-hybridized carbons (Fsp3) is 0.608. The number of ether oxygens (including phenoxy) is 1. The van der Waals surface area contributed by atoms with E-state index in [1.807, 2.05) is 6.92 Å². The number of nitrogens with two attached hydrogens (primary N) is 1. The van der Waals surface area contributed by atoms with Crippen LogP contribution in [-0.2, 0) is 65.5 Å². The number of nitrogens with zero attached hydrogens (tertiary/aromatic N) is 2. The molecule has 0 spiro atoms. The van der Waals surface area contributed by atoms with Crippen LogP contribution in [0.3, 0.4) is 0 Å². The Labute approximate surface area is 464 Å². The van der Waals surface area contributed by atoms with Crippen LogP contribution in [0, 0.1) is 17.8 Å². The minimum atomic E-state index is -1.79. The van der Waals surface area contributed by atoms with E-state index in [0.717, 1.165) is 4.90 Å². The Morgan fingerprint density at radius 3 is 2.20 bits per heavy atom. The van der Waals surface area contributed by atoms with Crippen LogP contribution in [0.15, 0.2) is 35.0 Å². The van der Waals surface area contributed by atoms with E-state index in [4.69, 9.17) is 10.5 Å². The van der Waals surface area contributed by atoms with E-state index in [2.05, 4.69) is 54.8 Å². The second kappa shape index (κ2) is 26.2. The van der Waals surface area contributed by atoms with Crippen molar-refractivity contribution in [2.45, 2.75) is 144 Å². The van der Waals surface area contributed by atoms with Gasteiger partial charge in [0.25, 0.3) is 0 Å². The second-order valence-corrected chi connectivity index (χ2v) is 23.4. The summed E-state index contributed by atoms with van der Waals surface area (Å²) in [6.07, 6.45) is -0.792. The number of primary amides is 1. The number of amides is 10. The lowest BCUT2D eigenvalue weighted by Crippen LogP contribution is -2.62. The number of aliphatic hydroxyl groups is 3. The van der Waals surface area contributed by atoms with Crippen molar-refractivity contribution in [3.05, 3.63) is 35.5 Å². The third-order valence-electron chi connectivity index (χ3n) is 14.7. The van der Waals surface area contributed by atoms with E-state index in [-0.39, 0.29) is 54.3 Å². The number of H-pyrrole nitrogens is 1. The lowest BCUT2D eigenvalue weighted by molar-refractivity contribution is -0.145. The van der Waals surface area contributed by atoms with Gasteiger partial charge in [-0.15, -0.1) is 0 Å². The van der Waals surface area contributed by atoms with E-state index in [0.29, 0.717) is 35.2 Å². The molecule has 79 heavy (non-hydrogen) atoms. The molecule has 2 aromatic rings. The number of fused-ring (bicyclic) bond motifs is 18. The van der Waals surface area contributed by atoms with Gasteiger partial charge in [0.1, 0.15) is 48.3 Å². The third-order valence-corrected chi connectivity index (χ3v) is 16.1. The lowest BCUT2D eigenvalue weighted by Gasteiger charge is -2.36. The van der Waals surface area contributed by atoms with Crippen LogP contribution in [-0.4, -0.2) is 192 Å². The lowest BCUT2D eigenvalue weighted by atomic mass is 9.90. The van der Waals surface area contributed by atoms with E-state index in [1.54, 1.807) is 45.9 Å². The van der Waals surface area contributed by atoms with Crippen LogP contribution in [0.4, 0.5) is 0 Å². The number of hydrogen-bond donors (Lipinski definition) is 13. The fourth-order valence-corrected chi connectivity index (χ4v) is 11.4. The molecule has 0 aliphatic carbocycles. The average molecular weight is 1140 g/mol. The number of rotatable bonds is 16. The first kappa shape index (κ1) is 61.7. The van der Waals surface area contributed by atoms with Gasteiger partial charge in [-0.25, -0.2) is 0 Å². The minimum Gasteiger partial charge on any atom is -0.610 e. The van der Waals surface area contributed by atoms with Gasteiger partial charge < -0.3 is 77.4 Å². The van der Waals surface area contributed by atoms with Crippen LogP contribution in [0.1, 0.15) is 79.2 Å². The first-order chi connectivity index (χ1) is 37.1. The summed E-state index contributed by atoms with van der Waals surface area (Å²) in [5.74, 6) is -9.43. The Morgan fingerprint density at radius 2 is 1.58 bits per heavy atom. The molecule has 6 heterocycles. The highest BCUT2D eigenvalue weighted by Gasteiger charge is 2.47. The van der Waals surface area contributed by atoms with Gasteiger partial charge in [0.05, 0.1) is 55.7 Å². The van der Waals surface area contributed by atoms with E-state index in [1.165, 1.54) is 24.2 Å². The van der Waals surface area contributed by atoms with Gasteiger partial charge in [-0.05, 0) is 50.3 Å². The molecule has 10 amide bonds. The van der Waals surface area contributed by atoms with Gasteiger partial charge in [-0.3, -0.25) is 52.8 Å². The molecular weight excluding hydrogens is 1070 g/mol.